The van der Waals surface area contributed by atoms with E-state index >= 15 is 0 Å². The predicted octanol–water partition coefficient (Wildman–Crippen LogP) is 0.986. The molecule has 2 atom stereocenters. The Morgan fingerprint density at radius 1 is 1.30 bits per heavy atom. The maximum Gasteiger partial charge on any atom is 0.243 e. The lowest BCUT2D eigenvalue weighted by Crippen LogP contribution is -2.51. The van der Waals surface area contributed by atoms with Gasteiger partial charge in [-0.15, -0.1) is 0 Å². The fourth-order valence-electron chi connectivity index (χ4n) is 4.07. The van der Waals surface area contributed by atoms with E-state index < -0.39 is 16.1 Å². The van der Waals surface area contributed by atoms with Crippen LogP contribution in [0.3, 0.4) is 0 Å². The second-order valence-corrected chi connectivity index (χ2v) is 11.9. The third-order valence-electron chi connectivity index (χ3n) is 5.97. The number of nitrogens with zero attached hydrogens (tertiary/aromatic N) is 2. The van der Waals surface area contributed by atoms with Crippen molar-refractivity contribution in [2.75, 3.05) is 52.4 Å². The van der Waals surface area contributed by atoms with Crippen LogP contribution < -0.4 is 21.1 Å². The van der Waals surface area contributed by atoms with E-state index in [1.54, 1.807) is 18.2 Å². The van der Waals surface area contributed by atoms with Gasteiger partial charge in [0.1, 0.15) is 11.9 Å². The minimum atomic E-state index is -3.59. The first-order chi connectivity index (χ1) is 15.7. The lowest BCUT2D eigenvalue weighted by atomic mass is 10.0. The lowest BCUT2D eigenvalue weighted by Gasteiger charge is -2.34. The number of hydrogen-bond acceptors (Lipinski definition) is 7. The molecule has 4 N–H and O–H groups in total. The Labute approximate surface area is 205 Å². The van der Waals surface area contributed by atoms with Gasteiger partial charge in [-0.1, -0.05) is 13.8 Å². The van der Waals surface area contributed by atoms with Gasteiger partial charge in [-0.05, 0) is 59.4 Å². The minimum absolute atomic E-state index is 0.104. The number of amides is 1. The normalized spacial score (nSPS) is 21.3. The molecule has 2 fully saturated rings. The van der Waals surface area contributed by atoms with Gasteiger partial charge in [0.2, 0.25) is 15.9 Å². The standard InChI is InChI=1S/C22H36BrN5O4S/c1-16(2)13-20(24)22(29)26-7-8-27-9-11-28(12-10-27)33(30,31)18-3-4-21(19(23)14-18)32-17-5-6-25-15-17/h3-4,14,16-17,20,25H,5-13,15,24H2,1-2H3,(H,26,29)/t17-,20-/m0/s1. The SMILES string of the molecule is CC(C)C[C@H](N)C(=O)NCCN1CCN(S(=O)(=O)c2ccc(O[C@H]3CCNC3)c(Br)c2)CC1. The third kappa shape index (κ3) is 7.37. The van der Waals surface area contributed by atoms with Gasteiger partial charge in [-0.3, -0.25) is 9.69 Å². The van der Waals surface area contributed by atoms with Crippen LogP contribution in [0.5, 0.6) is 5.75 Å². The van der Waals surface area contributed by atoms with Crippen LogP contribution in [0, 0.1) is 5.92 Å². The smallest absolute Gasteiger partial charge is 0.243 e. The van der Waals surface area contributed by atoms with Crippen molar-refractivity contribution in [2.45, 2.75) is 43.7 Å². The molecule has 1 aromatic rings. The van der Waals surface area contributed by atoms with Crippen LogP contribution in [-0.4, -0.2) is 88.0 Å². The van der Waals surface area contributed by atoms with Crippen molar-refractivity contribution in [3.05, 3.63) is 22.7 Å². The number of nitrogens with two attached hydrogens (primary N) is 1. The van der Waals surface area contributed by atoms with E-state index in [4.69, 9.17) is 10.5 Å². The summed E-state index contributed by atoms with van der Waals surface area (Å²) in [6.45, 7) is 9.02. The molecule has 0 radical (unpaired) electrons. The molecule has 33 heavy (non-hydrogen) atoms. The molecule has 0 aromatic heterocycles. The summed E-state index contributed by atoms with van der Waals surface area (Å²) in [6, 6.07) is 4.46. The number of ether oxygens (including phenoxy) is 1. The van der Waals surface area contributed by atoms with Gasteiger partial charge < -0.3 is 21.1 Å². The maximum atomic E-state index is 13.1. The van der Waals surface area contributed by atoms with E-state index in [1.807, 2.05) is 13.8 Å². The molecular formula is C22H36BrN5O4S. The molecular weight excluding hydrogens is 510 g/mol. The predicted molar refractivity (Wildman–Crippen MR) is 132 cm³/mol. The van der Waals surface area contributed by atoms with Gasteiger partial charge in [-0.25, -0.2) is 8.42 Å². The van der Waals surface area contributed by atoms with Crippen molar-refractivity contribution in [2.24, 2.45) is 11.7 Å². The van der Waals surface area contributed by atoms with Gasteiger partial charge in [-0.2, -0.15) is 4.31 Å². The first-order valence-electron chi connectivity index (χ1n) is 11.6. The highest BCUT2D eigenvalue weighted by molar-refractivity contribution is 9.10. The van der Waals surface area contributed by atoms with E-state index in [1.165, 1.54) is 4.31 Å². The summed E-state index contributed by atoms with van der Waals surface area (Å²) < 4.78 is 34.4. The van der Waals surface area contributed by atoms with Crippen LogP contribution in [0.4, 0.5) is 0 Å². The lowest BCUT2D eigenvalue weighted by molar-refractivity contribution is -0.122. The largest absolute Gasteiger partial charge is 0.488 e. The zero-order chi connectivity index (χ0) is 24.0. The Balaban J connectivity index is 1.47. The van der Waals surface area contributed by atoms with E-state index in [9.17, 15) is 13.2 Å². The third-order valence-corrected chi connectivity index (χ3v) is 8.48. The molecule has 2 saturated heterocycles. The van der Waals surface area contributed by atoms with Crippen molar-refractivity contribution >= 4 is 31.9 Å². The van der Waals surface area contributed by atoms with Crippen LogP contribution in [0.2, 0.25) is 0 Å². The highest BCUT2D eigenvalue weighted by Gasteiger charge is 2.29. The van der Waals surface area contributed by atoms with E-state index in [0.717, 1.165) is 19.5 Å². The van der Waals surface area contributed by atoms with Gasteiger partial charge in [0, 0.05) is 45.8 Å². The first-order valence-corrected chi connectivity index (χ1v) is 13.8. The Hall–Kier alpha value is -1.24. The summed E-state index contributed by atoms with van der Waals surface area (Å²) in [5, 5.41) is 6.13. The number of benzene rings is 1. The second-order valence-electron chi connectivity index (χ2n) is 9.10. The molecule has 1 aromatic carbocycles. The zero-order valence-corrected chi connectivity index (χ0v) is 21.8. The molecule has 0 saturated carbocycles. The Morgan fingerprint density at radius 3 is 2.64 bits per heavy atom. The molecule has 0 aliphatic carbocycles. The van der Waals surface area contributed by atoms with Crippen molar-refractivity contribution in [1.29, 1.82) is 0 Å². The van der Waals surface area contributed by atoms with Crippen molar-refractivity contribution in [1.82, 2.24) is 19.8 Å². The average Bonchev–Trinajstić information content (AvgIpc) is 3.28. The molecule has 186 valence electrons. The van der Waals surface area contributed by atoms with Crippen LogP contribution in [0.1, 0.15) is 26.7 Å². The van der Waals surface area contributed by atoms with Crippen LogP contribution in [0.25, 0.3) is 0 Å². The Kier molecular flexibility index (Phi) is 9.54. The summed E-state index contributed by atoms with van der Waals surface area (Å²) >= 11 is 3.46. The topological polar surface area (TPSA) is 117 Å². The van der Waals surface area contributed by atoms with Gasteiger partial charge in [0.05, 0.1) is 15.4 Å². The number of sulfonamides is 1. The molecule has 0 unspecified atom stereocenters. The summed E-state index contributed by atoms with van der Waals surface area (Å²) in [6.07, 6.45) is 1.70. The number of carbonyl (C=O) groups excluding carboxylic acids is 1. The van der Waals surface area contributed by atoms with Crippen molar-refractivity contribution in [3.8, 4) is 5.75 Å². The molecule has 2 heterocycles. The molecule has 0 spiro atoms. The quantitative estimate of drug-likeness (QED) is 0.401. The van der Waals surface area contributed by atoms with Gasteiger partial charge in [0.25, 0.3) is 0 Å². The van der Waals surface area contributed by atoms with E-state index in [0.29, 0.717) is 61.8 Å². The summed E-state index contributed by atoms with van der Waals surface area (Å²) in [5.74, 6) is 0.893. The fraction of sp³-hybridized carbons (Fsp3) is 0.682. The summed E-state index contributed by atoms with van der Waals surface area (Å²) in [7, 11) is -3.59. The molecule has 1 amide bonds. The monoisotopic (exact) mass is 545 g/mol. The second kappa shape index (κ2) is 11.9. The highest BCUT2D eigenvalue weighted by atomic mass is 79.9. The van der Waals surface area contributed by atoms with Crippen LogP contribution >= 0.6 is 15.9 Å². The molecule has 0 bridgehead atoms. The molecule has 3 rings (SSSR count). The summed E-state index contributed by atoms with van der Waals surface area (Å²) in [4.78, 5) is 14.5. The van der Waals surface area contributed by atoms with E-state index in [-0.39, 0.29) is 16.9 Å². The van der Waals surface area contributed by atoms with E-state index in [2.05, 4.69) is 31.5 Å². The van der Waals surface area contributed by atoms with Crippen LogP contribution in [0.15, 0.2) is 27.6 Å². The number of nitrogens with one attached hydrogen (secondary N) is 2. The van der Waals surface area contributed by atoms with Gasteiger partial charge in [0.15, 0.2) is 0 Å². The summed E-state index contributed by atoms with van der Waals surface area (Å²) in [5.41, 5.74) is 5.91. The number of piperazine rings is 1. The molecule has 9 nitrogen and oxygen atoms in total. The van der Waals surface area contributed by atoms with Gasteiger partial charge >= 0.3 is 0 Å². The number of rotatable bonds is 10. The average molecular weight is 547 g/mol. The number of carbonyl (C=O) groups is 1. The maximum absolute atomic E-state index is 13.1. The minimum Gasteiger partial charge on any atom is -0.488 e. The van der Waals surface area contributed by atoms with Crippen molar-refractivity contribution < 1.29 is 17.9 Å². The first kappa shape index (κ1) is 26.4. The fourth-order valence-corrected chi connectivity index (χ4v) is 6.14. The number of halogens is 1. The Morgan fingerprint density at radius 2 is 2.03 bits per heavy atom. The Bertz CT molecular complexity index is 900. The molecule has 11 heteroatoms. The van der Waals surface area contributed by atoms with Crippen LogP contribution in [-0.2, 0) is 14.8 Å². The van der Waals surface area contributed by atoms with Crippen molar-refractivity contribution in [3.63, 3.8) is 0 Å². The zero-order valence-electron chi connectivity index (χ0n) is 19.4. The molecule has 2 aliphatic rings. The highest BCUT2D eigenvalue weighted by Crippen LogP contribution is 2.30. The molecule has 2 aliphatic heterocycles. The number of hydrogen-bond donors (Lipinski definition) is 3.